The van der Waals surface area contributed by atoms with Gasteiger partial charge in [-0.05, 0) is 6.42 Å². The molecule has 0 aliphatic heterocycles. The summed E-state index contributed by atoms with van der Waals surface area (Å²) >= 11 is 0. The molecule has 6 heteroatoms. The fourth-order valence-electron chi connectivity index (χ4n) is 1.30. The number of nitrogens with zero attached hydrogens (tertiary/aromatic N) is 3. The minimum absolute atomic E-state index is 0.205. The Hall–Kier alpha value is -2.16. The van der Waals surface area contributed by atoms with E-state index >= 15 is 0 Å². The van der Waals surface area contributed by atoms with E-state index in [0.717, 1.165) is 12.8 Å². The zero-order chi connectivity index (χ0) is 12.7. The van der Waals surface area contributed by atoms with Crippen molar-refractivity contribution in [2.45, 2.75) is 32.2 Å². The number of hydrogen-bond acceptors (Lipinski definition) is 5. The maximum Gasteiger partial charge on any atom is 0.326 e. The van der Waals surface area contributed by atoms with Crippen molar-refractivity contribution in [3.63, 3.8) is 0 Å². The van der Waals surface area contributed by atoms with Gasteiger partial charge in [0.1, 0.15) is 17.9 Å². The number of nitriles is 1. The normalized spacial score (nSPS) is 11.5. The number of nitrogens with one attached hydrogen (secondary N) is 1. The van der Waals surface area contributed by atoms with E-state index in [9.17, 15) is 4.79 Å². The molecule has 0 aliphatic carbocycles. The minimum atomic E-state index is -0.912. The molecule has 0 bridgehead atoms. The van der Waals surface area contributed by atoms with Crippen molar-refractivity contribution < 1.29 is 9.90 Å². The summed E-state index contributed by atoms with van der Waals surface area (Å²) in [7, 11) is 0. The molecular formula is C11H14N4O2. The first-order chi connectivity index (χ1) is 8.17. The second kappa shape index (κ2) is 6.43. The molecule has 0 aromatic carbocycles. The monoisotopic (exact) mass is 234 g/mol. The molecule has 0 saturated carbocycles. The second-order valence-electron chi connectivity index (χ2n) is 3.58. The van der Waals surface area contributed by atoms with Gasteiger partial charge in [0, 0.05) is 0 Å². The highest BCUT2D eigenvalue weighted by Crippen LogP contribution is 2.08. The van der Waals surface area contributed by atoms with E-state index in [1.165, 1.54) is 12.4 Å². The SMILES string of the molecule is CCCCC(Nc1cnc(C#N)cn1)C(=O)O. The van der Waals surface area contributed by atoms with Gasteiger partial charge in [-0.25, -0.2) is 14.8 Å². The van der Waals surface area contributed by atoms with Crippen LogP contribution < -0.4 is 5.32 Å². The molecule has 0 fully saturated rings. The molecule has 90 valence electrons. The lowest BCUT2D eigenvalue weighted by Crippen LogP contribution is -2.29. The van der Waals surface area contributed by atoms with Crippen molar-refractivity contribution in [2.24, 2.45) is 0 Å². The van der Waals surface area contributed by atoms with Crippen LogP contribution in [0.5, 0.6) is 0 Å². The second-order valence-corrected chi connectivity index (χ2v) is 3.58. The third kappa shape index (κ3) is 4.07. The molecule has 1 aromatic rings. The topological polar surface area (TPSA) is 98.9 Å². The van der Waals surface area contributed by atoms with Gasteiger partial charge in [-0.1, -0.05) is 19.8 Å². The average Bonchev–Trinajstić information content (AvgIpc) is 2.35. The molecule has 1 rings (SSSR count). The van der Waals surface area contributed by atoms with Crippen LogP contribution in [0.25, 0.3) is 0 Å². The van der Waals surface area contributed by atoms with Crippen molar-refractivity contribution >= 4 is 11.8 Å². The zero-order valence-corrected chi connectivity index (χ0v) is 9.55. The number of anilines is 1. The standard InChI is InChI=1S/C11H14N4O2/c1-2-3-4-9(11(16)17)15-10-7-13-8(5-12)6-14-10/h6-7,9H,2-4H2,1H3,(H,14,15)(H,16,17). The number of rotatable bonds is 6. The molecular weight excluding hydrogens is 220 g/mol. The molecule has 0 saturated heterocycles. The average molecular weight is 234 g/mol. The van der Waals surface area contributed by atoms with Gasteiger partial charge in [0.25, 0.3) is 0 Å². The Morgan fingerprint density at radius 1 is 1.59 bits per heavy atom. The number of aliphatic carboxylic acids is 1. The van der Waals surface area contributed by atoms with Crippen molar-refractivity contribution in [1.82, 2.24) is 9.97 Å². The van der Waals surface area contributed by atoms with E-state index in [2.05, 4.69) is 15.3 Å². The van der Waals surface area contributed by atoms with E-state index in [4.69, 9.17) is 10.4 Å². The maximum atomic E-state index is 11.0. The highest BCUT2D eigenvalue weighted by Gasteiger charge is 2.16. The van der Waals surface area contributed by atoms with Crippen LogP contribution >= 0.6 is 0 Å². The van der Waals surface area contributed by atoms with Gasteiger partial charge in [0.15, 0.2) is 5.69 Å². The fourth-order valence-corrected chi connectivity index (χ4v) is 1.30. The predicted molar refractivity (Wildman–Crippen MR) is 61.3 cm³/mol. The highest BCUT2D eigenvalue weighted by molar-refractivity contribution is 5.76. The molecule has 0 spiro atoms. The van der Waals surface area contributed by atoms with Crippen LogP contribution in [0.4, 0.5) is 5.82 Å². The number of carbonyl (C=O) groups is 1. The number of hydrogen-bond donors (Lipinski definition) is 2. The van der Waals surface area contributed by atoms with E-state index in [-0.39, 0.29) is 5.69 Å². The van der Waals surface area contributed by atoms with Gasteiger partial charge < -0.3 is 10.4 Å². The van der Waals surface area contributed by atoms with Crippen LogP contribution in [0, 0.1) is 11.3 Å². The Kier molecular flexibility index (Phi) is 4.88. The van der Waals surface area contributed by atoms with Gasteiger partial charge in [0.05, 0.1) is 12.4 Å². The molecule has 0 aliphatic rings. The third-order valence-corrected chi connectivity index (χ3v) is 2.23. The summed E-state index contributed by atoms with van der Waals surface area (Å²) < 4.78 is 0. The maximum absolute atomic E-state index is 11.0. The van der Waals surface area contributed by atoms with E-state index in [1.807, 2.05) is 13.0 Å². The molecule has 1 aromatic heterocycles. The van der Waals surface area contributed by atoms with Crippen molar-refractivity contribution in [3.05, 3.63) is 18.1 Å². The van der Waals surface area contributed by atoms with Crippen LogP contribution in [0.15, 0.2) is 12.4 Å². The molecule has 6 nitrogen and oxygen atoms in total. The van der Waals surface area contributed by atoms with E-state index < -0.39 is 12.0 Å². The van der Waals surface area contributed by atoms with Gasteiger partial charge in [-0.3, -0.25) is 0 Å². The Bertz CT molecular complexity index is 410. The number of unbranched alkanes of at least 4 members (excludes halogenated alkanes) is 1. The molecule has 1 heterocycles. The summed E-state index contributed by atoms with van der Waals surface area (Å²) in [6, 6.07) is 1.18. The predicted octanol–water partition coefficient (Wildman–Crippen LogP) is 1.40. The Labute approximate surface area is 99.3 Å². The van der Waals surface area contributed by atoms with Crippen LogP contribution in [0.3, 0.4) is 0 Å². The summed E-state index contributed by atoms with van der Waals surface area (Å²) in [4.78, 5) is 18.7. The smallest absolute Gasteiger partial charge is 0.326 e. The Morgan fingerprint density at radius 3 is 2.82 bits per heavy atom. The van der Waals surface area contributed by atoms with Crippen LogP contribution in [-0.4, -0.2) is 27.1 Å². The van der Waals surface area contributed by atoms with Crippen molar-refractivity contribution in [1.29, 1.82) is 5.26 Å². The lowest BCUT2D eigenvalue weighted by atomic mass is 10.1. The molecule has 0 radical (unpaired) electrons. The molecule has 2 N–H and O–H groups in total. The molecule has 0 amide bonds. The first-order valence-electron chi connectivity index (χ1n) is 5.39. The third-order valence-electron chi connectivity index (χ3n) is 2.23. The molecule has 1 unspecified atom stereocenters. The van der Waals surface area contributed by atoms with Crippen molar-refractivity contribution in [3.8, 4) is 6.07 Å². The first kappa shape index (κ1) is 12.9. The first-order valence-corrected chi connectivity index (χ1v) is 5.39. The summed E-state index contributed by atoms with van der Waals surface area (Å²) in [5.41, 5.74) is 0.205. The fraction of sp³-hybridized carbons (Fsp3) is 0.455. The zero-order valence-electron chi connectivity index (χ0n) is 9.55. The Morgan fingerprint density at radius 2 is 2.35 bits per heavy atom. The molecule has 1 atom stereocenters. The van der Waals surface area contributed by atoms with Gasteiger partial charge in [-0.2, -0.15) is 5.26 Å². The highest BCUT2D eigenvalue weighted by atomic mass is 16.4. The number of carboxylic acid groups (broad SMARTS) is 1. The van der Waals surface area contributed by atoms with Crippen LogP contribution in [0.2, 0.25) is 0 Å². The Balaban J connectivity index is 2.65. The minimum Gasteiger partial charge on any atom is -0.480 e. The summed E-state index contributed by atoms with van der Waals surface area (Å²) in [6.45, 7) is 2.00. The number of aromatic nitrogens is 2. The summed E-state index contributed by atoms with van der Waals surface area (Å²) in [5, 5.41) is 20.3. The summed E-state index contributed by atoms with van der Waals surface area (Å²) in [5.74, 6) is -0.544. The van der Waals surface area contributed by atoms with Crippen LogP contribution in [-0.2, 0) is 4.79 Å². The van der Waals surface area contributed by atoms with Gasteiger partial charge >= 0.3 is 5.97 Å². The van der Waals surface area contributed by atoms with E-state index in [0.29, 0.717) is 12.2 Å². The van der Waals surface area contributed by atoms with Crippen molar-refractivity contribution in [2.75, 3.05) is 5.32 Å². The van der Waals surface area contributed by atoms with Crippen LogP contribution in [0.1, 0.15) is 31.9 Å². The lowest BCUT2D eigenvalue weighted by Gasteiger charge is -2.13. The largest absolute Gasteiger partial charge is 0.480 e. The van der Waals surface area contributed by atoms with E-state index in [1.54, 1.807) is 0 Å². The summed E-state index contributed by atoms with van der Waals surface area (Å²) in [6.07, 6.45) is 4.97. The lowest BCUT2D eigenvalue weighted by molar-refractivity contribution is -0.138. The van der Waals surface area contributed by atoms with Gasteiger partial charge in [-0.15, -0.1) is 0 Å². The van der Waals surface area contributed by atoms with Gasteiger partial charge in [0.2, 0.25) is 0 Å². The number of carboxylic acids is 1. The molecule has 17 heavy (non-hydrogen) atoms. The quantitative estimate of drug-likeness (QED) is 0.771.